The summed E-state index contributed by atoms with van der Waals surface area (Å²) >= 11 is 0. The molecule has 0 bridgehead atoms. The molecule has 232 valence electrons. The number of halogens is 1. The van der Waals surface area contributed by atoms with Crippen molar-refractivity contribution < 1.29 is 16.5 Å². The van der Waals surface area contributed by atoms with Gasteiger partial charge in [-0.1, -0.05) is 146 Å². The van der Waals surface area contributed by atoms with E-state index in [9.17, 15) is 0 Å². The molecule has 0 N–H and O–H groups in total. The average Bonchev–Trinajstić information content (AvgIpc) is 3.13. The van der Waals surface area contributed by atoms with Gasteiger partial charge in [-0.05, 0) is 60.2 Å². The van der Waals surface area contributed by atoms with E-state index in [2.05, 4.69) is 188 Å². The Labute approximate surface area is 293 Å². The number of hydrogen-bond donors (Lipinski definition) is 0. The van der Waals surface area contributed by atoms with E-state index >= 15 is 0 Å². The molecule has 0 fully saturated rings. The molecule has 4 heteroatoms. The molecule has 0 aromatic heterocycles. The van der Waals surface area contributed by atoms with E-state index in [1.807, 2.05) is 30.3 Å². The van der Waals surface area contributed by atoms with Crippen LogP contribution < -0.4 is 31.8 Å². The Bertz CT molecular complexity index is 1390. The molecule has 7 aromatic carbocycles. The first-order valence-electron chi connectivity index (χ1n) is 14.8. The molecule has 0 saturated carbocycles. The fourth-order valence-corrected chi connectivity index (χ4v) is 9.72. The maximum absolute atomic E-state index is 2.89. The smallest absolute Gasteiger partial charge is 0.102 e. The molecule has 0 aliphatic rings. The van der Waals surface area contributed by atoms with Crippen LogP contribution in [0.4, 0.5) is 0 Å². The zero-order valence-electron chi connectivity index (χ0n) is 25.4. The van der Waals surface area contributed by atoms with Crippen LogP contribution in [0.25, 0.3) is 0 Å². The molecule has 0 amide bonds. The van der Waals surface area contributed by atoms with Gasteiger partial charge in [0.05, 0.1) is 7.92 Å². The Hall–Kier alpha value is -3.82. The normalized spacial score (nSPS) is 9.78. The summed E-state index contributed by atoms with van der Waals surface area (Å²) in [6, 6.07) is 77.3. The van der Waals surface area contributed by atoms with Crippen molar-refractivity contribution in [2.45, 2.75) is 0 Å². The molecule has 0 aliphatic heterocycles. The van der Waals surface area contributed by atoms with Gasteiger partial charge < -0.3 is 0 Å². The van der Waals surface area contributed by atoms with Gasteiger partial charge in [0.2, 0.25) is 0 Å². The molecule has 0 heterocycles. The second-order valence-electron chi connectivity index (χ2n) is 9.89. The van der Waals surface area contributed by atoms with Crippen molar-refractivity contribution in [2.75, 3.05) is 0 Å². The fraction of sp³-hybridized carbons (Fsp3) is 0. The summed E-state index contributed by atoms with van der Waals surface area (Å²) < 4.78 is 0. The molecule has 0 spiro atoms. The fourth-order valence-electron chi connectivity index (χ4n) is 4.83. The number of benzene rings is 7. The summed E-state index contributed by atoms with van der Waals surface area (Å²) in [5, 5.41) is 8.50. The molecule has 7 aromatic rings. The molecule has 7 rings (SSSR count). The van der Waals surface area contributed by atoms with E-state index in [0.717, 1.165) is 0 Å². The Balaban J connectivity index is 0.000000205. The van der Waals surface area contributed by atoms with E-state index < -0.39 is 15.8 Å². The molecule has 0 saturated heterocycles. The standard InChI is InChI=1S/2C18H15P.C6H5.ClH.Ni/c2*1-4-10-16(11-5-1)19(17-12-6-2-7-13-17)18-14-8-3-9-15-18;1-2-4-6-5-3-1;;/h2*1-15H;1-5H;1H;/q;;-1;;/p+1. The van der Waals surface area contributed by atoms with Gasteiger partial charge >= 0.3 is 0 Å². The zero-order chi connectivity index (χ0) is 30.1. The minimum atomic E-state index is -0.877. The summed E-state index contributed by atoms with van der Waals surface area (Å²) in [6.07, 6.45) is 0. The van der Waals surface area contributed by atoms with Gasteiger partial charge in [0, 0.05) is 16.5 Å². The Kier molecular flexibility index (Phi) is 16.8. The summed E-state index contributed by atoms with van der Waals surface area (Å²) in [5.74, 6) is 0. The van der Waals surface area contributed by atoms with Gasteiger partial charge in [0.15, 0.2) is 0 Å². The topological polar surface area (TPSA) is 0 Å². The molecule has 0 unspecified atom stereocenters. The van der Waals surface area contributed by atoms with Gasteiger partial charge in [-0.15, -0.1) is 12.4 Å². The third-order valence-corrected chi connectivity index (χ3v) is 12.0. The van der Waals surface area contributed by atoms with Crippen molar-refractivity contribution in [3.63, 3.8) is 0 Å². The predicted octanol–water partition coefficient (Wildman–Crippen LogP) is 8.53. The maximum Gasteiger partial charge on any atom is 0.102 e. The summed E-state index contributed by atoms with van der Waals surface area (Å²) in [6.45, 7) is 0. The van der Waals surface area contributed by atoms with Crippen LogP contribution in [0.2, 0.25) is 0 Å². The van der Waals surface area contributed by atoms with Gasteiger partial charge in [-0.2, -0.15) is 36.4 Å². The van der Waals surface area contributed by atoms with E-state index in [1.54, 1.807) is 0 Å². The van der Waals surface area contributed by atoms with Crippen LogP contribution >= 0.6 is 28.3 Å². The molecule has 0 aliphatic carbocycles. The Morgan fingerprint density at radius 1 is 0.326 bits per heavy atom. The van der Waals surface area contributed by atoms with Crippen molar-refractivity contribution in [3.05, 3.63) is 218 Å². The van der Waals surface area contributed by atoms with Gasteiger partial charge in [0.1, 0.15) is 15.9 Å². The van der Waals surface area contributed by atoms with E-state index in [0.29, 0.717) is 0 Å². The molecule has 0 radical (unpaired) electrons. The summed E-state index contributed by atoms with van der Waals surface area (Å²) in [5.41, 5.74) is 0. The summed E-state index contributed by atoms with van der Waals surface area (Å²) in [4.78, 5) is 0. The third kappa shape index (κ3) is 11.2. The van der Waals surface area contributed by atoms with E-state index in [1.165, 1.54) is 31.8 Å². The van der Waals surface area contributed by atoms with Gasteiger partial charge in [-0.3, -0.25) is 0 Å². The molecule has 46 heavy (non-hydrogen) atoms. The third-order valence-electron chi connectivity index (χ3n) is 6.84. The Morgan fingerprint density at radius 3 is 0.783 bits per heavy atom. The largest absolute Gasteiger partial charge is 0.184 e. The van der Waals surface area contributed by atoms with Crippen LogP contribution in [0.15, 0.2) is 212 Å². The van der Waals surface area contributed by atoms with E-state index in [4.69, 9.17) is 0 Å². The quantitative estimate of drug-likeness (QED) is 0.0929. The van der Waals surface area contributed by atoms with Crippen molar-refractivity contribution in [1.29, 1.82) is 0 Å². The van der Waals surface area contributed by atoms with E-state index in [-0.39, 0.29) is 28.9 Å². The van der Waals surface area contributed by atoms with Gasteiger partial charge in [0.25, 0.3) is 0 Å². The van der Waals surface area contributed by atoms with Crippen LogP contribution in [-0.4, -0.2) is 0 Å². The molecular weight excluding hydrogens is 661 g/mol. The van der Waals surface area contributed by atoms with Crippen LogP contribution in [-0.2, 0) is 16.5 Å². The molecular formula is C42H37ClNiP2. The SMILES string of the molecule is Cl.[Ni].[c-]1ccccc1.c1ccc(P(c2ccccc2)c2ccccc2)cc1.c1ccc([PH+](c2ccccc2)c2ccccc2)cc1. The first-order chi connectivity index (χ1) is 21.9. The average molecular weight is 698 g/mol. The van der Waals surface area contributed by atoms with Crippen molar-refractivity contribution >= 4 is 60.1 Å². The van der Waals surface area contributed by atoms with Crippen LogP contribution in [0.5, 0.6) is 0 Å². The molecule has 0 nitrogen and oxygen atoms in total. The minimum Gasteiger partial charge on any atom is -0.184 e. The minimum absolute atomic E-state index is 0. The van der Waals surface area contributed by atoms with Crippen LogP contribution in [0.3, 0.4) is 0 Å². The second-order valence-corrected chi connectivity index (χ2v) is 14.6. The van der Waals surface area contributed by atoms with Gasteiger partial charge in [-0.25, -0.2) is 0 Å². The van der Waals surface area contributed by atoms with Crippen LogP contribution in [0.1, 0.15) is 0 Å². The zero-order valence-corrected chi connectivity index (χ0v) is 29.1. The predicted molar refractivity (Wildman–Crippen MR) is 204 cm³/mol. The van der Waals surface area contributed by atoms with Crippen LogP contribution in [0, 0.1) is 6.07 Å². The first kappa shape index (κ1) is 36.6. The summed E-state index contributed by atoms with van der Waals surface area (Å²) in [7, 11) is -1.32. The van der Waals surface area contributed by atoms with Crippen molar-refractivity contribution in [2.24, 2.45) is 0 Å². The second kappa shape index (κ2) is 21.1. The number of hydrogen-bond acceptors (Lipinski definition) is 0. The first-order valence-corrected chi connectivity index (χ1v) is 17.6. The number of rotatable bonds is 6. The maximum atomic E-state index is 2.89. The monoisotopic (exact) mass is 696 g/mol. The van der Waals surface area contributed by atoms with Crippen molar-refractivity contribution in [3.8, 4) is 0 Å². The molecule has 0 atom stereocenters. The Morgan fingerprint density at radius 2 is 0.565 bits per heavy atom. The van der Waals surface area contributed by atoms with Crippen molar-refractivity contribution in [1.82, 2.24) is 0 Å².